The van der Waals surface area contributed by atoms with Gasteiger partial charge in [0.2, 0.25) is 0 Å². The Hall–Kier alpha value is -3.35. The van der Waals surface area contributed by atoms with Crippen LogP contribution < -0.4 is 9.04 Å². The zero-order chi connectivity index (χ0) is 27.8. The fraction of sp³-hybridized carbons (Fsp3) is 0.417. The van der Waals surface area contributed by atoms with E-state index in [2.05, 4.69) is 0 Å². The summed E-state index contributed by atoms with van der Waals surface area (Å²) in [6.07, 6.45) is -6.73. The van der Waals surface area contributed by atoms with E-state index in [1.807, 2.05) is 0 Å². The van der Waals surface area contributed by atoms with Gasteiger partial charge in [0, 0.05) is 6.42 Å². The number of carboxylic acids is 1. The first kappa shape index (κ1) is 28.2. The van der Waals surface area contributed by atoms with Gasteiger partial charge in [-0.15, -0.1) is 0 Å². The molecular weight excluding hydrogens is 522 g/mol. The lowest BCUT2D eigenvalue weighted by molar-refractivity contribution is -0.154. The molecule has 202 valence electrons. The van der Waals surface area contributed by atoms with E-state index in [0.29, 0.717) is 17.7 Å². The molecule has 0 saturated carbocycles. The van der Waals surface area contributed by atoms with Gasteiger partial charge in [0.15, 0.2) is 0 Å². The molecule has 0 amide bonds. The number of alkyl halides is 3. The van der Waals surface area contributed by atoms with Crippen molar-refractivity contribution in [1.82, 2.24) is 0 Å². The monoisotopic (exact) mass is 547 g/mol. The molecule has 1 atom stereocenters. The lowest BCUT2D eigenvalue weighted by Crippen LogP contribution is -2.43. The summed E-state index contributed by atoms with van der Waals surface area (Å²) in [6.45, 7) is 4.61. The smallest absolute Gasteiger partial charge is 0.419 e. The molecular formula is C24H25F4NO7S. The number of anilines is 1. The summed E-state index contributed by atoms with van der Waals surface area (Å²) < 4.78 is 92.4. The number of carbonyl (C=O) groups is 2. The highest BCUT2D eigenvalue weighted by molar-refractivity contribution is 7.92. The Morgan fingerprint density at radius 1 is 1.14 bits per heavy atom. The van der Waals surface area contributed by atoms with Gasteiger partial charge in [-0.25, -0.2) is 12.8 Å². The number of fused-ring (bicyclic) bond motifs is 1. The minimum absolute atomic E-state index is 0.0244. The molecule has 0 saturated heterocycles. The third-order valence-electron chi connectivity index (χ3n) is 5.24. The van der Waals surface area contributed by atoms with Gasteiger partial charge in [-0.1, -0.05) is 6.07 Å². The minimum Gasteiger partial charge on any atom is -0.486 e. The second-order valence-corrected chi connectivity index (χ2v) is 11.3. The van der Waals surface area contributed by atoms with Crippen LogP contribution in [0.4, 0.5) is 23.2 Å². The van der Waals surface area contributed by atoms with Crippen LogP contribution in [0.3, 0.4) is 0 Å². The Labute approximate surface area is 210 Å². The highest BCUT2D eigenvalue weighted by atomic mass is 32.2. The predicted molar refractivity (Wildman–Crippen MR) is 123 cm³/mol. The minimum atomic E-state index is -5.14. The van der Waals surface area contributed by atoms with Crippen molar-refractivity contribution in [2.24, 2.45) is 0 Å². The fourth-order valence-corrected chi connectivity index (χ4v) is 5.21. The van der Waals surface area contributed by atoms with Crippen molar-refractivity contribution in [1.29, 1.82) is 0 Å². The maximum Gasteiger partial charge on any atom is 0.419 e. The second-order valence-electron chi connectivity index (χ2n) is 9.41. The Morgan fingerprint density at radius 3 is 2.41 bits per heavy atom. The van der Waals surface area contributed by atoms with E-state index in [1.54, 1.807) is 20.8 Å². The average molecular weight is 548 g/mol. The molecule has 0 unspecified atom stereocenters. The molecule has 0 aromatic heterocycles. The Morgan fingerprint density at radius 2 is 1.81 bits per heavy atom. The number of ether oxygens (including phenoxy) is 2. The SMILES string of the molecule is CC(C)(C)OC(=O)Cc1ccc2c(c1)N(S(=O)(=O)c1ccc(F)c(C(F)(F)F)c1)C[C@H](CCC(=O)O)O2. The first-order chi connectivity index (χ1) is 17.0. The molecule has 0 aliphatic carbocycles. The second kappa shape index (κ2) is 10.2. The maximum absolute atomic E-state index is 13.8. The number of esters is 1. The Bertz CT molecular complexity index is 1300. The number of aliphatic carboxylic acids is 1. The van der Waals surface area contributed by atoms with Crippen molar-refractivity contribution in [3.05, 3.63) is 53.3 Å². The molecule has 0 fully saturated rings. The Balaban J connectivity index is 2.05. The molecule has 2 aromatic carbocycles. The molecule has 0 radical (unpaired) electrons. The van der Waals surface area contributed by atoms with Crippen molar-refractivity contribution in [3.63, 3.8) is 0 Å². The zero-order valence-electron chi connectivity index (χ0n) is 20.1. The largest absolute Gasteiger partial charge is 0.486 e. The van der Waals surface area contributed by atoms with Crippen molar-refractivity contribution in [2.45, 2.75) is 62.8 Å². The van der Waals surface area contributed by atoms with Gasteiger partial charge in [-0.2, -0.15) is 13.2 Å². The molecule has 3 rings (SSSR count). The third kappa shape index (κ3) is 6.90. The van der Waals surface area contributed by atoms with E-state index in [4.69, 9.17) is 14.6 Å². The number of halogens is 4. The molecule has 1 aliphatic heterocycles. The number of sulfonamides is 1. The molecule has 1 N–H and O–H groups in total. The molecule has 37 heavy (non-hydrogen) atoms. The predicted octanol–water partition coefficient (Wildman–Crippen LogP) is 4.55. The van der Waals surface area contributed by atoms with Crippen LogP contribution in [0.5, 0.6) is 5.75 Å². The molecule has 0 spiro atoms. The van der Waals surface area contributed by atoms with Crippen LogP contribution in [0.15, 0.2) is 41.3 Å². The van der Waals surface area contributed by atoms with Gasteiger partial charge in [0.05, 0.1) is 29.1 Å². The van der Waals surface area contributed by atoms with E-state index in [1.165, 1.54) is 18.2 Å². The van der Waals surface area contributed by atoms with Gasteiger partial charge >= 0.3 is 18.1 Å². The number of benzene rings is 2. The van der Waals surface area contributed by atoms with E-state index < -0.39 is 62.7 Å². The van der Waals surface area contributed by atoms with Crippen LogP contribution >= 0.6 is 0 Å². The van der Waals surface area contributed by atoms with Crippen LogP contribution in [0.2, 0.25) is 0 Å². The van der Waals surface area contributed by atoms with Crippen molar-refractivity contribution >= 4 is 27.6 Å². The van der Waals surface area contributed by atoms with Crippen LogP contribution in [-0.2, 0) is 36.9 Å². The molecule has 1 aliphatic rings. The lowest BCUT2D eigenvalue weighted by Gasteiger charge is -2.36. The van der Waals surface area contributed by atoms with Gasteiger partial charge in [0.1, 0.15) is 23.3 Å². The number of hydrogen-bond acceptors (Lipinski definition) is 6. The normalized spacial score (nSPS) is 16.1. The number of nitrogens with zero attached hydrogens (tertiary/aromatic N) is 1. The summed E-state index contributed by atoms with van der Waals surface area (Å²) in [4.78, 5) is 22.5. The highest BCUT2D eigenvalue weighted by Crippen LogP contribution is 2.40. The first-order valence-corrected chi connectivity index (χ1v) is 12.5. The average Bonchev–Trinajstić information content (AvgIpc) is 2.75. The van der Waals surface area contributed by atoms with Crippen molar-refractivity contribution < 1.29 is 50.1 Å². The molecule has 1 heterocycles. The van der Waals surface area contributed by atoms with Gasteiger partial charge in [-0.3, -0.25) is 13.9 Å². The van der Waals surface area contributed by atoms with Crippen LogP contribution in [-0.4, -0.2) is 43.7 Å². The summed E-state index contributed by atoms with van der Waals surface area (Å²) in [5.74, 6) is -3.35. The highest BCUT2D eigenvalue weighted by Gasteiger charge is 2.39. The maximum atomic E-state index is 13.8. The van der Waals surface area contributed by atoms with Gasteiger partial charge in [0.25, 0.3) is 10.0 Å². The number of rotatable bonds is 7. The Kier molecular flexibility index (Phi) is 7.77. The summed E-state index contributed by atoms with van der Waals surface area (Å²) in [5.41, 5.74) is -2.23. The fourth-order valence-electron chi connectivity index (χ4n) is 3.68. The first-order valence-electron chi connectivity index (χ1n) is 11.1. The van der Waals surface area contributed by atoms with Crippen LogP contribution in [0.25, 0.3) is 0 Å². The topological polar surface area (TPSA) is 110 Å². The van der Waals surface area contributed by atoms with Crippen LogP contribution in [0.1, 0.15) is 44.7 Å². The van der Waals surface area contributed by atoms with E-state index in [9.17, 15) is 35.6 Å². The van der Waals surface area contributed by atoms with Crippen LogP contribution in [0, 0.1) is 5.82 Å². The van der Waals surface area contributed by atoms with E-state index in [0.717, 1.165) is 4.31 Å². The zero-order valence-corrected chi connectivity index (χ0v) is 21.0. The van der Waals surface area contributed by atoms with Crippen molar-refractivity contribution in [3.8, 4) is 5.75 Å². The van der Waals surface area contributed by atoms with Gasteiger partial charge in [-0.05, 0) is 63.1 Å². The number of hydrogen-bond donors (Lipinski definition) is 1. The molecule has 13 heteroatoms. The van der Waals surface area contributed by atoms with Crippen molar-refractivity contribution in [2.75, 3.05) is 10.8 Å². The standard InChI is InChI=1S/C24H25F4NO7S/c1-23(2,3)36-22(32)11-14-4-8-20-19(10-14)29(13-15(35-20)5-9-21(30)31)37(33,34)16-6-7-18(25)17(12-16)24(26,27)28/h4,6-8,10,12,15H,5,9,11,13H2,1-3H3,(H,30,31)/t15-/m0/s1. The summed E-state index contributed by atoms with van der Waals surface area (Å²) >= 11 is 0. The number of carboxylic acid groups (broad SMARTS) is 1. The summed E-state index contributed by atoms with van der Waals surface area (Å²) in [5, 5.41) is 9.00. The third-order valence-corrected chi connectivity index (χ3v) is 7.01. The summed E-state index contributed by atoms with van der Waals surface area (Å²) in [7, 11) is -4.70. The molecule has 0 bridgehead atoms. The van der Waals surface area contributed by atoms with Gasteiger partial charge < -0.3 is 14.6 Å². The molecule has 8 nitrogen and oxygen atoms in total. The van der Waals surface area contributed by atoms with E-state index in [-0.39, 0.29) is 36.8 Å². The molecule has 2 aromatic rings. The van der Waals surface area contributed by atoms with E-state index >= 15 is 0 Å². The quantitative estimate of drug-likeness (QED) is 0.400. The summed E-state index contributed by atoms with van der Waals surface area (Å²) in [6, 6.07) is 5.54. The number of carbonyl (C=O) groups excluding carboxylic acids is 1. The lowest BCUT2D eigenvalue weighted by atomic mass is 10.1.